The Kier molecular flexibility index (Phi) is 7.31. The minimum atomic E-state index is -0.392. The van der Waals surface area contributed by atoms with E-state index in [9.17, 15) is 0 Å². The molecule has 0 saturated carbocycles. The van der Waals surface area contributed by atoms with Crippen LogP contribution in [0.2, 0.25) is 15.1 Å². The molecule has 2 heterocycles. The minimum absolute atomic E-state index is 0.392. The number of hydrogen-bond donors (Lipinski definition) is 0. The molecule has 0 N–H and O–H groups in total. The second kappa shape index (κ2) is 10.2. The molecule has 0 bridgehead atoms. The quantitative estimate of drug-likeness (QED) is 0.241. The Bertz CT molecular complexity index is 1170. The van der Waals surface area contributed by atoms with E-state index < -0.39 is 6.10 Å². The van der Waals surface area contributed by atoms with E-state index in [4.69, 9.17) is 51.8 Å². The van der Waals surface area contributed by atoms with Crippen LogP contribution in [0.3, 0.4) is 0 Å². The Balaban J connectivity index is 1.58. The lowest BCUT2D eigenvalue weighted by Gasteiger charge is -2.22. The van der Waals surface area contributed by atoms with Crippen molar-refractivity contribution in [2.45, 2.75) is 19.1 Å². The summed E-state index contributed by atoms with van der Waals surface area (Å²) < 4.78 is 8.25. The van der Waals surface area contributed by atoms with Crippen LogP contribution in [0.25, 0.3) is 0 Å². The zero-order valence-electron chi connectivity index (χ0n) is 16.2. The predicted molar refractivity (Wildman–Crippen MR) is 133 cm³/mol. The van der Waals surface area contributed by atoms with Crippen LogP contribution < -0.4 is 0 Å². The fourth-order valence-corrected chi connectivity index (χ4v) is 5.06. The van der Waals surface area contributed by atoms with Gasteiger partial charge in [0.05, 0.1) is 17.7 Å². The topological polar surface area (TPSA) is 27.1 Å². The van der Waals surface area contributed by atoms with E-state index in [1.165, 1.54) is 0 Å². The summed E-state index contributed by atoms with van der Waals surface area (Å²) in [5.74, 6) is 0. The number of benzene rings is 2. The van der Waals surface area contributed by atoms with Gasteiger partial charge in [0.15, 0.2) is 0 Å². The van der Waals surface area contributed by atoms with Crippen molar-refractivity contribution in [2.75, 3.05) is 0 Å². The number of hydrogen-bond acceptors (Lipinski definition) is 4. The third-order valence-corrected chi connectivity index (χ3v) is 6.93. The van der Waals surface area contributed by atoms with Crippen molar-refractivity contribution < 1.29 is 4.74 Å². The molecule has 2 aromatic carbocycles. The molecule has 2 aromatic heterocycles. The van der Waals surface area contributed by atoms with E-state index in [-0.39, 0.29) is 0 Å². The van der Waals surface area contributed by atoms with E-state index in [0.717, 1.165) is 33.0 Å². The molecule has 4 aromatic rings. The van der Waals surface area contributed by atoms with Crippen molar-refractivity contribution >= 4 is 63.4 Å². The van der Waals surface area contributed by atoms with Gasteiger partial charge in [-0.15, -0.1) is 11.3 Å². The molecular weight excluding hydrogens is 491 g/mol. The molecule has 0 aliphatic carbocycles. The lowest BCUT2D eigenvalue weighted by atomic mass is 10.1. The van der Waals surface area contributed by atoms with Gasteiger partial charge in [-0.05, 0) is 65.5 Å². The molecule has 158 valence electrons. The van der Waals surface area contributed by atoms with Crippen molar-refractivity contribution in [2.24, 2.45) is 0 Å². The number of imidazole rings is 1. The summed E-state index contributed by atoms with van der Waals surface area (Å²) in [7, 11) is 0. The Labute approximate surface area is 205 Å². The molecular formula is C23H17Cl3N2OS2. The molecule has 0 aliphatic rings. The lowest BCUT2D eigenvalue weighted by Crippen LogP contribution is -2.16. The van der Waals surface area contributed by atoms with E-state index in [2.05, 4.69) is 11.1 Å². The summed E-state index contributed by atoms with van der Waals surface area (Å²) >= 11 is 25.9. The molecule has 8 heteroatoms. The van der Waals surface area contributed by atoms with Crippen LogP contribution in [-0.4, -0.2) is 14.6 Å². The van der Waals surface area contributed by atoms with Gasteiger partial charge in [-0.2, -0.15) is 0 Å². The molecule has 0 amide bonds. The Morgan fingerprint density at radius 3 is 2.55 bits per heavy atom. The van der Waals surface area contributed by atoms with Gasteiger partial charge < -0.3 is 9.30 Å². The van der Waals surface area contributed by atoms with E-state index in [1.807, 2.05) is 46.5 Å². The van der Waals surface area contributed by atoms with Gasteiger partial charge >= 0.3 is 0 Å². The molecule has 31 heavy (non-hydrogen) atoms. The molecule has 1 unspecified atom stereocenters. The number of rotatable bonds is 7. The third-order valence-electron chi connectivity index (χ3n) is 4.73. The highest BCUT2D eigenvalue weighted by atomic mass is 35.5. The van der Waals surface area contributed by atoms with Crippen molar-refractivity contribution in [3.8, 4) is 0 Å². The van der Waals surface area contributed by atoms with Gasteiger partial charge in [0.2, 0.25) is 5.05 Å². The highest BCUT2D eigenvalue weighted by Crippen LogP contribution is 2.32. The van der Waals surface area contributed by atoms with Crippen LogP contribution in [0.5, 0.6) is 0 Å². The summed E-state index contributed by atoms with van der Waals surface area (Å²) in [6, 6.07) is 15.3. The van der Waals surface area contributed by atoms with Crippen molar-refractivity contribution in [3.05, 3.63) is 109 Å². The van der Waals surface area contributed by atoms with E-state index >= 15 is 0 Å². The van der Waals surface area contributed by atoms with E-state index in [1.54, 1.807) is 36.0 Å². The highest BCUT2D eigenvalue weighted by Gasteiger charge is 2.21. The maximum absolute atomic E-state index is 6.48. The Morgan fingerprint density at radius 2 is 1.84 bits per heavy atom. The number of nitrogens with zero attached hydrogens (tertiary/aromatic N) is 2. The highest BCUT2D eigenvalue weighted by molar-refractivity contribution is 7.80. The second-order valence-corrected chi connectivity index (χ2v) is 9.46. The smallest absolute Gasteiger partial charge is 0.202 e. The van der Waals surface area contributed by atoms with Gasteiger partial charge in [-0.25, -0.2) is 4.98 Å². The maximum Gasteiger partial charge on any atom is 0.202 e. The number of ether oxygens (including phenoxy) is 1. The molecule has 1 atom stereocenters. The molecule has 0 radical (unpaired) electrons. The number of halogens is 3. The van der Waals surface area contributed by atoms with Gasteiger partial charge in [0.25, 0.3) is 0 Å². The first-order valence-electron chi connectivity index (χ1n) is 9.42. The second-order valence-electron chi connectivity index (χ2n) is 6.90. The monoisotopic (exact) mass is 506 g/mol. The average Bonchev–Trinajstić information content (AvgIpc) is 3.41. The summed E-state index contributed by atoms with van der Waals surface area (Å²) in [4.78, 5) is 5.05. The Hall–Kier alpha value is -1.89. The molecule has 0 saturated heterocycles. The maximum atomic E-state index is 6.48. The number of aromatic nitrogens is 2. The van der Waals surface area contributed by atoms with Crippen LogP contribution in [-0.2, 0) is 17.7 Å². The van der Waals surface area contributed by atoms with Crippen LogP contribution in [0.1, 0.15) is 27.7 Å². The van der Waals surface area contributed by atoms with Crippen molar-refractivity contribution in [1.29, 1.82) is 0 Å². The first kappa shape index (κ1) is 22.3. The van der Waals surface area contributed by atoms with Crippen LogP contribution in [0.4, 0.5) is 0 Å². The zero-order valence-corrected chi connectivity index (χ0v) is 20.1. The van der Waals surface area contributed by atoms with E-state index in [0.29, 0.717) is 21.6 Å². The average molecular weight is 508 g/mol. The summed E-state index contributed by atoms with van der Waals surface area (Å²) in [6.07, 6.45) is 5.69. The summed E-state index contributed by atoms with van der Waals surface area (Å²) in [5, 5.41) is 4.29. The third kappa shape index (κ3) is 5.68. The van der Waals surface area contributed by atoms with Crippen molar-refractivity contribution in [3.63, 3.8) is 0 Å². The van der Waals surface area contributed by atoms with Crippen LogP contribution in [0, 0.1) is 0 Å². The molecule has 4 rings (SSSR count). The fourth-order valence-electron chi connectivity index (χ4n) is 3.21. The number of thiocarbonyl (C=S) groups is 1. The molecule has 0 fully saturated rings. The summed E-state index contributed by atoms with van der Waals surface area (Å²) in [6.45, 7) is 0.513. The predicted octanol–water partition coefficient (Wildman–Crippen LogP) is 7.63. The van der Waals surface area contributed by atoms with Gasteiger partial charge in [0.1, 0.15) is 6.10 Å². The standard InChI is InChI=1S/C23H17Cl3N2OS2/c24-17-3-1-15(2-4-17)11-16-7-10-31-22(16)23(30)29-21(13-28-9-8-27-14-28)19-6-5-18(25)12-20(19)26/h1-10,12,14,21H,11,13H2. The minimum Gasteiger partial charge on any atom is -0.472 e. The Morgan fingerprint density at radius 1 is 1.06 bits per heavy atom. The van der Waals surface area contributed by atoms with Gasteiger partial charge in [0, 0.05) is 33.0 Å². The SMILES string of the molecule is S=C(OC(Cn1ccnc1)c1ccc(Cl)cc1Cl)c1sccc1Cc1ccc(Cl)cc1. The van der Waals surface area contributed by atoms with Crippen LogP contribution >= 0.6 is 58.4 Å². The fraction of sp³-hybridized carbons (Fsp3) is 0.130. The summed E-state index contributed by atoms with van der Waals surface area (Å²) in [5.41, 5.74) is 3.08. The zero-order chi connectivity index (χ0) is 21.8. The van der Waals surface area contributed by atoms with Gasteiger partial charge in [-0.3, -0.25) is 0 Å². The first-order chi connectivity index (χ1) is 15.0. The first-order valence-corrected chi connectivity index (χ1v) is 11.8. The molecule has 3 nitrogen and oxygen atoms in total. The molecule has 0 spiro atoms. The largest absolute Gasteiger partial charge is 0.472 e. The van der Waals surface area contributed by atoms with Crippen molar-refractivity contribution in [1.82, 2.24) is 9.55 Å². The lowest BCUT2D eigenvalue weighted by molar-refractivity contribution is 0.177. The normalized spacial score (nSPS) is 12.0. The van der Waals surface area contributed by atoms with Crippen LogP contribution in [0.15, 0.2) is 72.6 Å². The molecule has 0 aliphatic heterocycles. The number of thiophene rings is 1. The van der Waals surface area contributed by atoms with Gasteiger partial charge in [-0.1, -0.05) is 53.0 Å².